The molecule has 1 aliphatic carbocycles. The minimum Gasteiger partial charge on any atom is -0.481 e. The molecule has 0 aromatic heterocycles. The molecule has 0 saturated carbocycles. The van der Waals surface area contributed by atoms with E-state index in [1.54, 1.807) is 0 Å². The van der Waals surface area contributed by atoms with Gasteiger partial charge < -0.3 is 35.6 Å². The average Bonchev–Trinajstić information content (AvgIpc) is 3.29. The van der Waals surface area contributed by atoms with E-state index in [-0.39, 0.29) is 38.5 Å². The predicted octanol–water partition coefficient (Wildman–Crippen LogP) is 3.41. The molecule has 0 saturated heterocycles. The largest absolute Gasteiger partial charge is 0.481 e. The summed E-state index contributed by atoms with van der Waals surface area (Å²) in [6.45, 7) is 3.77. The van der Waals surface area contributed by atoms with Crippen LogP contribution in [-0.4, -0.2) is 72.1 Å². The van der Waals surface area contributed by atoms with Crippen molar-refractivity contribution < 1.29 is 43.7 Å². The number of unbranched alkanes of at least 4 members (excludes halogenated alkanes) is 1. The van der Waals surface area contributed by atoms with Gasteiger partial charge in [-0.2, -0.15) is 0 Å². The van der Waals surface area contributed by atoms with Crippen LogP contribution in [0.3, 0.4) is 0 Å². The number of carboxylic acids is 2. The van der Waals surface area contributed by atoms with E-state index in [9.17, 15) is 29.1 Å². The lowest BCUT2D eigenvalue weighted by Crippen LogP contribution is -2.51. The van der Waals surface area contributed by atoms with Gasteiger partial charge in [-0.25, -0.2) is 14.4 Å². The molecular formula is C30H35N3O9. The second-order valence-corrected chi connectivity index (χ2v) is 9.66. The van der Waals surface area contributed by atoms with Crippen LogP contribution in [0, 0.1) is 0 Å². The first-order valence-corrected chi connectivity index (χ1v) is 13.6. The topological polar surface area (TPSA) is 180 Å². The number of hydrogen-bond acceptors (Lipinski definition) is 7. The Morgan fingerprint density at radius 1 is 0.833 bits per heavy atom. The summed E-state index contributed by atoms with van der Waals surface area (Å²) < 4.78 is 10.4. The Kier molecular flexibility index (Phi) is 11.9. The highest BCUT2D eigenvalue weighted by molar-refractivity contribution is 5.89. The zero-order chi connectivity index (χ0) is 30.5. The Morgan fingerprint density at radius 3 is 2.07 bits per heavy atom. The van der Waals surface area contributed by atoms with E-state index in [1.165, 1.54) is 6.08 Å². The number of benzene rings is 2. The van der Waals surface area contributed by atoms with E-state index in [1.807, 2.05) is 48.5 Å². The van der Waals surface area contributed by atoms with Gasteiger partial charge in [-0.15, -0.1) is 0 Å². The summed E-state index contributed by atoms with van der Waals surface area (Å²) in [5, 5.41) is 25.7. The Bertz CT molecular complexity index is 1250. The van der Waals surface area contributed by atoms with Crippen molar-refractivity contribution in [3.63, 3.8) is 0 Å². The molecule has 0 radical (unpaired) electrons. The number of carbonyl (C=O) groups is 5. The van der Waals surface area contributed by atoms with Crippen molar-refractivity contribution in [2.24, 2.45) is 0 Å². The Morgan fingerprint density at radius 2 is 1.48 bits per heavy atom. The van der Waals surface area contributed by atoms with Gasteiger partial charge in [0.1, 0.15) is 25.3 Å². The van der Waals surface area contributed by atoms with Crippen molar-refractivity contribution in [2.45, 2.75) is 50.1 Å². The lowest BCUT2D eigenvalue weighted by atomic mass is 9.98. The fourth-order valence-corrected chi connectivity index (χ4v) is 4.70. The predicted molar refractivity (Wildman–Crippen MR) is 152 cm³/mol. The van der Waals surface area contributed by atoms with Gasteiger partial charge in [-0.05, 0) is 47.9 Å². The maximum atomic E-state index is 13.0. The van der Waals surface area contributed by atoms with Gasteiger partial charge >= 0.3 is 24.1 Å². The molecule has 3 rings (SSSR count). The molecule has 0 bridgehead atoms. The highest BCUT2D eigenvalue weighted by Crippen LogP contribution is 2.44. The van der Waals surface area contributed by atoms with Crippen LogP contribution in [0.15, 0.2) is 61.2 Å². The van der Waals surface area contributed by atoms with Crippen LogP contribution >= 0.6 is 0 Å². The number of rotatable bonds is 16. The smallest absolute Gasteiger partial charge is 0.407 e. The van der Waals surface area contributed by atoms with Gasteiger partial charge in [0.25, 0.3) is 0 Å². The van der Waals surface area contributed by atoms with Gasteiger partial charge in [-0.1, -0.05) is 61.2 Å². The zero-order valence-corrected chi connectivity index (χ0v) is 23.0. The normalized spacial score (nSPS) is 13.0. The average molecular weight is 582 g/mol. The molecule has 12 heteroatoms. The number of aliphatic carboxylic acids is 2. The third-order valence-electron chi connectivity index (χ3n) is 6.73. The third kappa shape index (κ3) is 9.08. The van der Waals surface area contributed by atoms with Crippen molar-refractivity contribution in [3.05, 3.63) is 72.3 Å². The number of ether oxygens (including phenoxy) is 2. The van der Waals surface area contributed by atoms with Crippen molar-refractivity contribution in [1.29, 1.82) is 0 Å². The van der Waals surface area contributed by atoms with Gasteiger partial charge in [-0.3, -0.25) is 9.59 Å². The number of fused-ring (bicyclic) bond motifs is 3. The highest BCUT2D eigenvalue weighted by Gasteiger charge is 2.31. The molecule has 0 aliphatic heterocycles. The van der Waals surface area contributed by atoms with Crippen LogP contribution in [0.1, 0.15) is 49.1 Å². The second kappa shape index (κ2) is 15.8. The number of hydrogen-bond donors (Lipinski definition) is 5. The number of carboxylic acid groups (broad SMARTS) is 2. The zero-order valence-electron chi connectivity index (χ0n) is 23.0. The molecule has 2 aromatic carbocycles. The second-order valence-electron chi connectivity index (χ2n) is 9.66. The maximum absolute atomic E-state index is 13.0. The fraction of sp³-hybridized carbons (Fsp3) is 0.367. The number of nitrogens with one attached hydrogen (secondary N) is 3. The first-order chi connectivity index (χ1) is 20.2. The lowest BCUT2D eigenvalue weighted by molar-refractivity contribution is -0.143. The minimum absolute atomic E-state index is 0.0152. The fourth-order valence-electron chi connectivity index (χ4n) is 4.70. The van der Waals surface area contributed by atoms with Crippen LogP contribution in [0.4, 0.5) is 9.59 Å². The molecule has 0 fully saturated rings. The van der Waals surface area contributed by atoms with Crippen molar-refractivity contribution in [1.82, 2.24) is 16.0 Å². The van der Waals surface area contributed by atoms with Crippen LogP contribution in [0.5, 0.6) is 0 Å². The number of carbonyl (C=O) groups excluding carboxylic acids is 3. The Balaban J connectivity index is 1.62. The Hall–Kier alpha value is -4.87. The molecule has 0 heterocycles. The van der Waals surface area contributed by atoms with E-state index >= 15 is 0 Å². The summed E-state index contributed by atoms with van der Waals surface area (Å²) in [6, 6.07) is 13.0. The minimum atomic E-state index is -1.46. The molecule has 0 unspecified atom stereocenters. The van der Waals surface area contributed by atoms with E-state index < -0.39 is 48.5 Å². The van der Waals surface area contributed by atoms with E-state index in [0.29, 0.717) is 12.8 Å². The molecule has 5 N–H and O–H groups in total. The van der Waals surface area contributed by atoms with Crippen LogP contribution in [0.25, 0.3) is 11.1 Å². The lowest BCUT2D eigenvalue weighted by Gasteiger charge is -2.22. The maximum Gasteiger partial charge on any atom is 0.407 e. The van der Waals surface area contributed by atoms with Crippen LogP contribution in [-0.2, 0) is 23.9 Å². The molecule has 1 aliphatic rings. The summed E-state index contributed by atoms with van der Waals surface area (Å²) in [5.74, 6) is -3.59. The Labute approximate surface area is 243 Å². The van der Waals surface area contributed by atoms with Crippen molar-refractivity contribution >= 4 is 30.0 Å². The molecule has 12 nitrogen and oxygen atoms in total. The van der Waals surface area contributed by atoms with Gasteiger partial charge in [0.2, 0.25) is 5.91 Å². The summed E-state index contributed by atoms with van der Waals surface area (Å²) >= 11 is 0. The molecule has 2 atom stereocenters. The molecule has 3 amide bonds. The molecule has 0 spiro atoms. The van der Waals surface area contributed by atoms with E-state index in [2.05, 4.69) is 22.5 Å². The third-order valence-corrected chi connectivity index (χ3v) is 6.73. The molecule has 224 valence electrons. The first-order valence-electron chi connectivity index (χ1n) is 13.6. The SMILES string of the molecule is C=CCOC(=O)NCCCC[C@H](NC(=O)OCC1c2ccccc2-c2ccccc21)C(=O)N[C@@H](CCC(=O)O)C(=O)O. The van der Waals surface area contributed by atoms with Crippen molar-refractivity contribution in [2.75, 3.05) is 19.8 Å². The first kappa shape index (κ1) is 31.7. The van der Waals surface area contributed by atoms with Crippen molar-refractivity contribution in [3.8, 4) is 11.1 Å². The quantitative estimate of drug-likeness (QED) is 0.147. The number of alkyl carbamates (subject to hydrolysis) is 2. The highest BCUT2D eigenvalue weighted by atomic mass is 16.6. The summed E-state index contributed by atoms with van der Waals surface area (Å²) in [5.41, 5.74) is 4.15. The van der Waals surface area contributed by atoms with E-state index in [4.69, 9.17) is 14.6 Å². The van der Waals surface area contributed by atoms with Crippen LogP contribution < -0.4 is 16.0 Å². The summed E-state index contributed by atoms with van der Waals surface area (Å²) in [4.78, 5) is 60.0. The molecular weight excluding hydrogens is 546 g/mol. The number of amides is 3. The molecule has 2 aromatic rings. The monoisotopic (exact) mass is 581 g/mol. The van der Waals surface area contributed by atoms with Crippen LogP contribution in [0.2, 0.25) is 0 Å². The van der Waals surface area contributed by atoms with Gasteiger partial charge in [0, 0.05) is 18.9 Å². The van der Waals surface area contributed by atoms with E-state index in [0.717, 1.165) is 22.3 Å². The molecule has 42 heavy (non-hydrogen) atoms. The van der Waals surface area contributed by atoms with Gasteiger partial charge in [0.15, 0.2) is 0 Å². The summed E-state index contributed by atoms with van der Waals surface area (Å²) in [7, 11) is 0. The van der Waals surface area contributed by atoms with Gasteiger partial charge in [0.05, 0.1) is 0 Å². The summed E-state index contributed by atoms with van der Waals surface area (Å²) in [6.07, 6.45) is 0.0600. The standard InChI is InChI=1S/C30H35N3O9/c1-2-17-41-29(39)31-16-8-7-13-24(27(36)32-25(28(37)38)14-15-26(34)35)33-30(40)42-18-23-21-11-5-3-9-19(21)20-10-4-6-12-22(20)23/h2-6,9-12,23-25H,1,7-8,13-18H2,(H,31,39)(H,32,36)(H,33,40)(H,34,35)(H,37,38)/t24-,25-/m0/s1.